The van der Waals surface area contributed by atoms with Gasteiger partial charge in [-0.25, -0.2) is 4.98 Å². The maximum absolute atomic E-state index is 13.1. The second-order valence-electron chi connectivity index (χ2n) is 7.10. The number of rotatable bonds is 3. The fourth-order valence-electron chi connectivity index (χ4n) is 3.96. The summed E-state index contributed by atoms with van der Waals surface area (Å²) >= 11 is 6.16. The number of halogens is 1. The van der Waals surface area contributed by atoms with Crippen LogP contribution in [-0.4, -0.2) is 21.3 Å². The van der Waals surface area contributed by atoms with E-state index in [0.29, 0.717) is 10.8 Å². The van der Waals surface area contributed by atoms with Crippen LogP contribution in [0.25, 0.3) is 16.8 Å². The summed E-state index contributed by atoms with van der Waals surface area (Å²) in [4.78, 5) is 17.7. The summed E-state index contributed by atoms with van der Waals surface area (Å²) in [6, 6.07) is 21.8. The van der Waals surface area contributed by atoms with Crippen LogP contribution in [0.15, 0.2) is 72.9 Å². The summed E-state index contributed by atoms with van der Waals surface area (Å²) in [6.45, 7) is 0. The Morgan fingerprint density at radius 1 is 1.00 bits per heavy atom. The Morgan fingerprint density at radius 3 is 2.50 bits per heavy atom. The highest BCUT2D eigenvalue weighted by Crippen LogP contribution is 2.27. The van der Waals surface area contributed by atoms with E-state index in [4.69, 9.17) is 11.6 Å². The first-order valence-corrected chi connectivity index (χ1v) is 9.67. The van der Waals surface area contributed by atoms with Gasteiger partial charge in [0.25, 0.3) is 5.91 Å². The van der Waals surface area contributed by atoms with Crippen molar-refractivity contribution in [3.63, 3.8) is 0 Å². The standard InChI is InChI=1S/C23H18ClN3O/c24-18-9-5-8-17(12-18)21-20-10-3-4-11-27(20)22(26-21)23(28)25-19-13-15-6-1-2-7-16(15)14-19/h1-12,19H,13-14H2,(H,25,28). The minimum Gasteiger partial charge on any atom is -0.346 e. The third-order valence-electron chi connectivity index (χ3n) is 5.24. The summed E-state index contributed by atoms with van der Waals surface area (Å²) in [5.41, 5.74) is 5.14. The third kappa shape index (κ3) is 2.96. The number of fused-ring (bicyclic) bond motifs is 2. The molecule has 1 amide bonds. The van der Waals surface area contributed by atoms with Gasteiger partial charge in [-0.2, -0.15) is 0 Å². The van der Waals surface area contributed by atoms with E-state index in [2.05, 4.69) is 22.4 Å². The molecule has 0 saturated carbocycles. The fourth-order valence-corrected chi connectivity index (χ4v) is 4.15. The number of benzene rings is 2. The first-order valence-electron chi connectivity index (χ1n) is 9.30. The van der Waals surface area contributed by atoms with Crippen LogP contribution in [0.1, 0.15) is 21.7 Å². The number of amides is 1. The molecule has 0 radical (unpaired) electrons. The Hall–Kier alpha value is -3.11. The zero-order chi connectivity index (χ0) is 19.1. The van der Waals surface area contributed by atoms with E-state index >= 15 is 0 Å². The highest BCUT2D eigenvalue weighted by Gasteiger charge is 2.25. The molecule has 1 N–H and O–H groups in total. The van der Waals surface area contributed by atoms with Gasteiger partial charge < -0.3 is 5.32 Å². The number of nitrogens with one attached hydrogen (secondary N) is 1. The van der Waals surface area contributed by atoms with Gasteiger partial charge in [0, 0.05) is 22.8 Å². The van der Waals surface area contributed by atoms with Gasteiger partial charge in [-0.05, 0) is 48.2 Å². The number of imidazole rings is 1. The summed E-state index contributed by atoms with van der Waals surface area (Å²) < 4.78 is 1.84. The number of carbonyl (C=O) groups is 1. The molecule has 4 aromatic rings. The van der Waals surface area contributed by atoms with Crippen molar-refractivity contribution in [1.29, 1.82) is 0 Å². The molecule has 0 fully saturated rings. The smallest absolute Gasteiger partial charge is 0.287 e. The first kappa shape index (κ1) is 17.0. The van der Waals surface area contributed by atoms with Gasteiger partial charge in [-0.3, -0.25) is 9.20 Å². The van der Waals surface area contributed by atoms with Crippen molar-refractivity contribution >= 4 is 23.0 Å². The lowest BCUT2D eigenvalue weighted by atomic mass is 10.1. The number of hydrogen-bond donors (Lipinski definition) is 1. The second-order valence-corrected chi connectivity index (χ2v) is 7.53. The third-order valence-corrected chi connectivity index (χ3v) is 5.47. The first-order chi connectivity index (χ1) is 13.7. The van der Waals surface area contributed by atoms with Crippen LogP contribution in [0.3, 0.4) is 0 Å². The molecule has 5 rings (SSSR count). The van der Waals surface area contributed by atoms with Gasteiger partial charge in [0.1, 0.15) is 0 Å². The van der Waals surface area contributed by atoms with Crippen LogP contribution in [0.5, 0.6) is 0 Å². The predicted molar refractivity (Wildman–Crippen MR) is 111 cm³/mol. The van der Waals surface area contributed by atoms with E-state index in [1.165, 1.54) is 11.1 Å². The summed E-state index contributed by atoms with van der Waals surface area (Å²) in [6.07, 6.45) is 3.58. The Bertz CT molecular complexity index is 1170. The molecule has 0 unspecified atom stereocenters. The summed E-state index contributed by atoms with van der Waals surface area (Å²) in [5.74, 6) is 0.230. The molecule has 5 heteroatoms. The van der Waals surface area contributed by atoms with Crippen molar-refractivity contribution in [1.82, 2.24) is 14.7 Å². The van der Waals surface area contributed by atoms with E-state index < -0.39 is 0 Å². The van der Waals surface area contributed by atoms with E-state index in [1.54, 1.807) is 0 Å². The zero-order valence-corrected chi connectivity index (χ0v) is 15.9. The molecule has 4 nitrogen and oxygen atoms in total. The predicted octanol–water partition coefficient (Wildman–Crippen LogP) is 4.55. The summed E-state index contributed by atoms with van der Waals surface area (Å²) in [7, 11) is 0. The Balaban J connectivity index is 1.49. The molecular formula is C23H18ClN3O. The van der Waals surface area contributed by atoms with Gasteiger partial charge in [-0.1, -0.05) is 54.1 Å². The molecule has 138 valence electrons. The molecule has 0 atom stereocenters. The van der Waals surface area contributed by atoms with Crippen LogP contribution in [0.4, 0.5) is 0 Å². The largest absolute Gasteiger partial charge is 0.346 e. The molecule has 1 aliphatic rings. The Morgan fingerprint density at radius 2 is 1.75 bits per heavy atom. The van der Waals surface area contributed by atoms with Gasteiger partial charge >= 0.3 is 0 Å². The Labute approximate surface area is 167 Å². The van der Waals surface area contributed by atoms with E-state index in [-0.39, 0.29) is 11.9 Å². The van der Waals surface area contributed by atoms with Crippen LogP contribution in [0.2, 0.25) is 5.02 Å². The van der Waals surface area contributed by atoms with Crippen LogP contribution >= 0.6 is 11.6 Å². The zero-order valence-electron chi connectivity index (χ0n) is 15.1. The molecule has 2 aromatic heterocycles. The number of hydrogen-bond acceptors (Lipinski definition) is 2. The van der Waals surface area contributed by atoms with Gasteiger partial charge in [0.15, 0.2) is 0 Å². The minimum absolute atomic E-state index is 0.0931. The lowest BCUT2D eigenvalue weighted by Gasteiger charge is -2.11. The second kappa shape index (κ2) is 6.80. The van der Waals surface area contributed by atoms with Crippen LogP contribution < -0.4 is 5.32 Å². The summed E-state index contributed by atoms with van der Waals surface area (Å²) in [5, 5.41) is 3.80. The van der Waals surface area contributed by atoms with Gasteiger partial charge in [-0.15, -0.1) is 0 Å². The molecule has 0 spiro atoms. The number of carbonyl (C=O) groups excluding carboxylic acids is 1. The molecule has 0 bridgehead atoms. The maximum atomic E-state index is 13.1. The van der Waals surface area contributed by atoms with Crippen molar-refractivity contribution < 1.29 is 4.79 Å². The van der Waals surface area contributed by atoms with Gasteiger partial charge in [0.2, 0.25) is 5.82 Å². The maximum Gasteiger partial charge on any atom is 0.287 e. The topological polar surface area (TPSA) is 46.4 Å². The lowest BCUT2D eigenvalue weighted by Crippen LogP contribution is -2.36. The van der Waals surface area contributed by atoms with Crippen molar-refractivity contribution in [2.75, 3.05) is 0 Å². The van der Waals surface area contributed by atoms with E-state index in [9.17, 15) is 4.79 Å². The average Bonchev–Trinajstić information content (AvgIpc) is 3.29. The average molecular weight is 388 g/mol. The van der Waals surface area contributed by atoms with Crippen molar-refractivity contribution in [3.8, 4) is 11.3 Å². The van der Waals surface area contributed by atoms with Crippen molar-refractivity contribution in [2.24, 2.45) is 0 Å². The van der Waals surface area contributed by atoms with Gasteiger partial charge in [0.05, 0.1) is 11.2 Å². The molecule has 28 heavy (non-hydrogen) atoms. The highest BCUT2D eigenvalue weighted by molar-refractivity contribution is 6.30. The highest BCUT2D eigenvalue weighted by atomic mass is 35.5. The monoisotopic (exact) mass is 387 g/mol. The molecule has 2 heterocycles. The minimum atomic E-state index is -0.160. The quantitative estimate of drug-likeness (QED) is 0.560. The van der Waals surface area contributed by atoms with Crippen molar-refractivity contribution in [2.45, 2.75) is 18.9 Å². The van der Waals surface area contributed by atoms with Crippen molar-refractivity contribution in [3.05, 3.63) is 94.9 Å². The molecule has 2 aromatic carbocycles. The van der Waals surface area contributed by atoms with Crippen LogP contribution in [-0.2, 0) is 12.8 Å². The van der Waals surface area contributed by atoms with E-state index in [0.717, 1.165) is 29.6 Å². The Kier molecular flexibility index (Phi) is 4.14. The number of nitrogens with zero attached hydrogens (tertiary/aromatic N) is 2. The van der Waals surface area contributed by atoms with E-state index in [1.807, 2.05) is 65.2 Å². The number of pyridine rings is 1. The molecule has 1 aliphatic carbocycles. The molecule has 0 aliphatic heterocycles. The SMILES string of the molecule is O=C(NC1Cc2ccccc2C1)c1nc(-c2cccc(Cl)c2)c2ccccn12. The normalized spacial score (nSPS) is 13.6. The molecular weight excluding hydrogens is 370 g/mol. The molecule has 0 saturated heterocycles. The fraction of sp³-hybridized carbons (Fsp3) is 0.130. The van der Waals surface area contributed by atoms with Crippen LogP contribution in [0, 0.1) is 0 Å². The lowest BCUT2D eigenvalue weighted by molar-refractivity contribution is 0.0927. The number of aromatic nitrogens is 2.